The molecule has 3 nitrogen and oxygen atoms in total. The predicted octanol–water partition coefficient (Wildman–Crippen LogP) is 4.54. The number of hydrogen-bond donors (Lipinski definition) is 1. The number of benzene rings is 3. The van der Waals surface area contributed by atoms with Crippen LogP contribution >= 0.6 is 0 Å². The smallest absolute Gasteiger partial charge is 0.227 e. The molecule has 3 aromatic carbocycles. The average molecular weight is 274 g/mol. The summed E-state index contributed by atoms with van der Waals surface area (Å²) >= 11 is 0. The molecule has 0 fully saturated rings. The minimum Gasteiger partial charge on any atom is -0.436 e. The maximum Gasteiger partial charge on any atom is 0.227 e. The fourth-order valence-corrected chi connectivity index (χ4v) is 2.66. The Morgan fingerprint density at radius 3 is 2.71 bits per heavy atom. The number of nitrogens with zero attached hydrogens (tertiary/aromatic N) is 1. The van der Waals surface area contributed by atoms with Crippen molar-refractivity contribution >= 4 is 27.6 Å². The van der Waals surface area contributed by atoms with Gasteiger partial charge in [0.1, 0.15) is 5.52 Å². The maximum atomic E-state index is 5.97. The maximum absolute atomic E-state index is 5.97. The molecule has 0 radical (unpaired) electrons. The standard InChI is InChI=1S/C18H14N2O/c1-11-13(7-4-8-15(11)19)18-20-17-14-6-3-2-5-12(14)9-10-16(17)21-18/h2-10H,19H2,1H3. The van der Waals surface area contributed by atoms with Crippen LogP contribution < -0.4 is 5.73 Å². The highest BCUT2D eigenvalue weighted by atomic mass is 16.3. The third-order valence-electron chi connectivity index (χ3n) is 3.89. The van der Waals surface area contributed by atoms with E-state index >= 15 is 0 Å². The van der Waals surface area contributed by atoms with Crippen molar-refractivity contribution in [2.24, 2.45) is 0 Å². The summed E-state index contributed by atoms with van der Waals surface area (Å²) in [7, 11) is 0. The van der Waals surface area contributed by atoms with E-state index < -0.39 is 0 Å². The van der Waals surface area contributed by atoms with Crippen molar-refractivity contribution in [3.05, 3.63) is 60.2 Å². The molecule has 0 spiro atoms. The molecule has 0 atom stereocenters. The third-order valence-corrected chi connectivity index (χ3v) is 3.89. The van der Waals surface area contributed by atoms with Crippen LogP contribution in [0.15, 0.2) is 59.0 Å². The molecule has 0 aliphatic rings. The molecular formula is C18H14N2O. The van der Waals surface area contributed by atoms with Gasteiger partial charge in [-0.25, -0.2) is 4.98 Å². The quantitative estimate of drug-likeness (QED) is 0.518. The summed E-state index contributed by atoms with van der Waals surface area (Å²) in [5.41, 5.74) is 10.3. The lowest BCUT2D eigenvalue weighted by Crippen LogP contribution is -1.91. The van der Waals surface area contributed by atoms with Gasteiger partial charge in [-0.2, -0.15) is 0 Å². The summed E-state index contributed by atoms with van der Waals surface area (Å²) in [6.45, 7) is 1.98. The van der Waals surface area contributed by atoms with Gasteiger partial charge in [-0.3, -0.25) is 0 Å². The Morgan fingerprint density at radius 1 is 0.952 bits per heavy atom. The molecular weight excluding hydrogens is 260 g/mol. The highest BCUT2D eigenvalue weighted by molar-refractivity contribution is 6.04. The van der Waals surface area contributed by atoms with E-state index in [9.17, 15) is 0 Å². The molecule has 21 heavy (non-hydrogen) atoms. The van der Waals surface area contributed by atoms with Gasteiger partial charge in [-0.05, 0) is 36.1 Å². The second-order valence-electron chi connectivity index (χ2n) is 5.17. The van der Waals surface area contributed by atoms with Crippen molar-refractivity contribution in [1.82, 2.24) is 4.98 Å². The van der Waals surface area contributed by atoms with Gasteiger partial charge in [0.15, 0.2) is 5.58 Å². The molecule has 3 heteroatoms. The van der Waals surface area contributed by atoms with Gasteiger partial charge in [-0.1, -0.05) is 36.4 Å². The monoisotopic (exact) mass is 274 g/mol. The van der Waals surface area contributed by atoms with Crippen molar-refractivity contribution in [1.29, 1.82) is 0 Å². The van der Waals surface area contributed by atoms with E-state index in [-0.39, 0.29) is 0 Å². The molecule has 0 saturated heterocycles. The van der Waals surface area contributed by atoms with E-state index in [1.807, 2.05) is 43.3 Å². The molecule has 0 unspecified atom stereocenters. The first-order valence-electron chi connectivity index (χ1n) is 6.88. The second-order valence-corrected chi connectivity index (χ2v) is 5.17. The van der Waals surface area contributed by atoms with E-state index in [1.165, 1.54) is 0 Å². The summed E-state index contributed by atoms with van der Waals surface area (Å²) in [5, 5.41) is 2.26. The Bertz CT molecular complexity index is 969. The SMILES string of the molecule is Cc1c(N)cccc1-c1nc2c(ccc3ccccc32)o1. The van der Waals surface area contributed by atoms with Crippen molar-refractivity contribution in [2.75, 3.05) is 5.73 Å². The first kappa shape index (κ1) is 12.0. The summed E-state index contributed by atoms with van der Waals surface area (Å²) < 4.78 is 5.93. The molecule has 4 rings (SSSR count). The first-order valence-corrected chi connectivity index (χ1v) is 6.88. The molecule has 1 heterocycles. The predicted molar refractivity (Wildman–Crippen MR) is 86.1 cm³/mol. The Morgan fingerprint density at radius 2 is 1.81 bits per heavy atom. The van der Waals surface area contributed by atoms with Crippen LogP contribution in [0.1, 0.15) is 5.56 Å². The van der Waals surface area contributed by atoms with Gasteiger partial charge < -0.3 is 10.2 Å². The molecule has 4 aromatic rings. The molecule has 0 saturated carbocycles. The van der Waals surface area contributed by atoms with Gasteiger partial charge >= 0.3 is 0 Å². The second kappa shape index (κ2) is 4.35. The lowest BCUT2D eigenvalue weighted by molar-refractivity contribution is 0.619. The van der Waals surface area contributed by atoms with Crippen LogP contribution in [0.4, 0.5) is 5.69 Å². The molecule has 2 N–H and O–H groups in total. The van der Waals surface area contributed by atoms with Crippen molar-refractivity contribution in [2.45, 2.75) is 6.92 Å². The summed E-state index contributed by atoms with van der Waals surface area (Å²) in [5.74, 6) is 0.617. The van der Waals surface area contributed by atoms with Crippen LogP contribution in [0.2, 0.25) is 0 Å². The fraction of sp³-hybridized carbons (Fsp3) is 0.0556. The number of oxazole rings is 1. The van der Waals surface area contributed by atoms with Gasteiger partial charge in [-0.15, -0.1) is 0 Å². The van der Waals surface area contributed by atoms with Crippen LogP contribution in [-0.2, 0) is 0 Å². The zero-order chi connectivity index (χ0) is 14.4. The molecule has 1 aromatic heterocycles. The highest BCUT2D eigenvalue weighted by Gasteiger charge is 2.13. The van der Waals surface area contributed by atoms with E-state index in [4.69, 9.17) is 15.1 Å². The Kier molecular flexibility index (Phi) is 2.48. The zero-order valence-corrected chi connectivity index (χ0v) is 11.6. The topological polar surface area (TPSA) is 52.0 Å². The van der Waals surface area contributed by atoms with Gasteiger partial charge in [0.05, 0.1) is 0 Å². The average Bonchev–Trinajstić information content (AvgIpc) is 2.94. The summed E-state index contributed by atoms with van der Waals surface area (Å²) in [6.07, 6.45) is 0. The Balaban J connectivity index is 2.03. The number of hydrogen-bond acceptors (Lipinski definition) is 3. The number of aromatic nitrogens is 1. The molecule has 0 aliphatic carbocycles. The fourth-order valence-electron chi connectivity index (χ4n) is 2.66. The molecule has 0 bridgehead atoms. The van der Waals surface area contributed by atoms with Gasteiger partial charge in [0, 0.05) is 16.6 Å². The third kappa shape index (κ3) is 1.78. The van der Waals surface area contributed by atoms with E-state index in [0.29, 0.717) is 5.89 Å². The number of fused-ring (bicyclic) bond motifs is 3. The molecule has 0 aliphatic heterocycles. The minimum atomic E-state index is 0.617. The lowest BCUT2D eigenvalue weighted by atomic mass is 10.1. The van der Waals surface area contributed by atoms with Crippen LogP contribution in [-0.4, -0.2) is 4.98 Å². The van der Waals surface area contributed by atoms with Crippen LogP contribution in [0.3, 0.4) is 0 Å². The van der Waals surface area contributed by atoms with Crippen molar-refractivity contribution < 1.29 is 4.42 Å². The van der Waals surface area contributed by atoms with Gasteiger partial charge in [0.25, 0.3) is 0 Å². The van der Waals surface area contributed by atoms with Gasteiger partial charge in [0.2, 0.25) is 5.89 Å². The van der Waals surface area contributed by atoms with Crippen molar-refractivity contribution in [3.63, 3.8) is 0 Å². The molecule has 0 amide bonds. The highest BCUT2D eigenvalue weighted by Crippen LogP contribution is 2.32. The van der Waals surface area contributed by atoms with Crippen LogP contribution in [0, 0.1) is 6.92 Å². The van der Waals surface area contributed by atoms with Crippen molar-refractivity contribution in [3.8, 4) is 11.5 Å². The summed E-state index contributed by atoms with van der Waals surface area (Å²) in [6, 6.07) is 18.0. The number of nitrogens with two attached hydrogens (primary N) is 1. The van der Waals surface area contributed by atoms with E-state index in [1.54, 1.807) is 0 Å². The Hall–Kier alpha value is -2.81. The van der Waals surface area contributed by atoms with Crippen LogP contribution in [0.5, 0.6) is 0 Å². The number of anilines is 1. The molecule has 102 valence electrons. The Labute approximate surface area is 122 Å². The summed E-state index contributed by atoms with van der Waals surface area (Å²) in [4.78, 5) is 4.69. The largest absolute Gasteiger partial charge is 0.436 e. The lowest BCUT2D eigenvalue weighted by Gasteiger charge is -2.03. The van der Waals surface area contributed by atoms with E-state index in [2.05, 4.69) is 18.2 Å². The zero-order valence-electron chi connectivity index (χ0n) is 11.6. The number of rotatable bonds is 1. The van der Waals surface area contributed by atoms with E-state index in [0.717, 1.165) is 38.7 Å². The van der Waals surface area contributed by atoms with Crippen LogP contribution in [0.25, 0.3) is 33.3 Å². The first-order chi connectivity index (χ1) is 10.2. The number of nitrogen functional groups attached to an aromatic ring is 1. The normalized spacial score (nSPS) is 11.3. The minimum absolute atomic E-state index is 0.617.